The monoisotopic (exact) mass is 282 g/mol. The fourth-order valence-corrected chi connectivity index (χ4v) is 3.25. The number of rotatable bonds is 1. The van der Waals surface area contributed by atoms with Crippen molar-refractivity contribution < 1.29 is 8.42 Å². The molecule has 0 spiro atoms. The second-order valence-corrected chi connectivity index (χ2v) is 5.24. The van der Waals surface area contributed by atoms with E-state index in [9.17, 15) is 8.42 Å². The first-order valence-corrected chi connectivity index (χ1v) is 6.60. The van der Waals surface area contributed by atoms with E-state index in [-0.39, 0.29) is 12.4 Å². The molecule has 0 bridgehead atoms. The van der Waals surface area contributed by atoms with Crippen molar-refractivity contribution in [1.29, 1.82) is 0 Å². The number of benzene rings is 2. The number of anilines is 3. The highest BCUT2D eigenvalue weighted by atomic mass is 35.5. The predicted molar refractivity (Wildman–Crippen MR) is 74.8 cm³/mol. The first kappa shape index (κ1) is 12.7. The average molecular weight is 283 g/mol. The van der Waals surface area contributed by atoms with Gasteiger partial charge >= 0.3 is 10.2 Å². The molecular formula is C12H11ClN2O2S. The van der Waals surface area contributed by atoms with Crippen LogP contribution in [-0.2, 0) is 10.2 Å². The molecule has 0 unspecified atom stereocenters. The van der Waals surface area contributed by atoms with Crippen molar-refractivity contribution in [1.82, 2.24) is 0 Å². The van der Waals surface area contributed by atoms with Gasteiger partial charge in [0.2, 0.25) is 0 Å². The minimum Gasteiger partial charge on any atom is -0.264 e. The molecule has 94 valence electrons. The number of nitrogens with one attached hydrogen (secondary N) is 1. The largest absolute Gasteiger partial charge is 0.328 e. The molecule has 4 nitrogen and oxygen atoms in total. The van der Waals surface area contributed by atoms with Gasteiger partial charge < -0.3 is 0 Å². The highest BCUT2D eigenvalue weighted by Gasteiger charge is 2.33. The Morgan fingerprint density at radius 2 is 1.50 bits per heavy atom. The molecule has 18 heavy (non-hydrogen) atoms. The molecule has 0 radical (unpaired) electrons. The van der Waals surface area contributed by atoms with Crippen LogP contribution in [0.25, 0.3) is 0 Å². The third kappa shape index (κ3) is 1.91. The summed E-state index contributed by atoms with van der Waals surface area (Å²) >= 11 is 0. The summed E-state index contributed by atoms with van der Waals surface area (Å²) in [4.78, 5) is 0. The van der Waals surface area contributed by atoms with Crippen LogP contribution in [0.1, 0.15) is 0 Å². The summed E-state index contributed by atoms with van der Waals surface area (Å²) in [6.45, 7) is 0. The zero-order valence-corrected chi connectivity index (χ0v) is 10.9. The van der Waals surface area contributed by atoms with Gasteiger partial charge in [0.05, 0.1) is 17.1 Å². The van der Waals surface area contributed by atoms with Crippen LogP contribution in [0.3, 0.4) is 0 Å². The molecule has 0 saturated carbocycles. The molecule has 0 aliphatic carbocycles. The number of nitrogens with zero attached hydrogens (tertiary/aromatic N) is 1. The number of fused-ring (bicyclic) bond motifs is 1. The van der Waals surface area contributed by atoms with Gasteiger partial charge in [-0.2, -0.15) is 8.42 Å². The Morgan fingerprint density at radius 3 is 2.22 bits per heavy atom. The van der Waals surface area contributed by atoms with Crippen LogP contribution in [0, 0.1) is 0 Å². The first-order chi connectivity index (χ1) is 8.18. The van der Waals surface area contributed by atoms with Crippen molar-refractivity contribution >= 4 is 39.7 Å². The first-order valence-electron chi connectivity index (χ1n) is 5.16. The Labute approximate surface area is 112 Å². The van der Waals surface area contributed by atoms with Crippen molar-refractivity contribution in [3.63, 3.8) is 0 Å². The summed E-state index contributed by atoms with van der Waals surface area (Å²) < 4.78 is 27.9. The van der Waals surface area contributed by atoms with E-state index < -0.39 is 10.2 Å². The molecule has 3 rings (SSSR count). The van der Waals surface area contributed by atoms with Crippen LogP contribution in [0.5, 0.6) is 0 Å². The summed E-state index contributed by atoms with van der Waals surface area (Å²) in [5, 5.41) is 0. The van der Waals surface area contributed by atoms with Gasteiger partial charge in [0, 0.05) is 0 Å². The molecule has 1 aliphatic rings. The number of para-hydroxylation sites is 3. The molecular weight excluding hydrogens is 272 g/mol. The molecule has 1 heterocycles. The summed E-state index contributed by atoms with van der Waals surface area (Å²) in [5.41, 5.74) is 1.89. The number of hydrogen-bond donors (Lipinski definition) is 1. The third-order valence-electron chi connectivity index (χ3n) is 2.59. The van der Waals surface area contributed by atoms with E-state index in [1.807, 2.05) is 24.3 Å². The summed E-state index contributed by atoms with van der Waals surface area (Å²) in [6, 6.07) is 16.1. The normalized spacial score (nSPS) is 15.4. The fourth-order valence-electron chi connectivity index (χ4n) is 1.89. The topological polar surface area (TPSA) is 49.4 Å². The maximum Gasteiger partial charge on any atom is 0.328 e. The van der Waals surface area contributed by atoms with Crippen molar-refractivity contribution in [2.75, 3.05) is 9.03 Å². The van der Waals surface area contributed by atoms with E-state index in [1.54, 1.807) is 30.3 Å². The van der Waals surface area contributed by atoms with Crippen LogP contribution >= 0.6 is 12.4 Å². The minimum atomic E-state index is -3.52. The summed E-state index contributed by atoms with van der Waals surface area (Å²) in [7, 11) is -3.52. The standard InChI is InChI=1S/C12H10N2O2S.ClH/c15-17(16)13-11-8-4-5-9-12(11)14(17)10-6-2-1-3-7-10;/h1-9,13H;1H. The van der Waals surface area contributed by atoms with Crippen LogP contribution in [0.15, 0.2) is 54.6 Å². The maximum absolute atomic E-state index is 12.0. The van der Waals surface area contributed by atoms with Crippen molar-refractivity contribution in [2.45, 2.75) is 0 Å². The van der Waals surface area contributed by atoms with Crippen LogP contribution < -0.4 is 9.03 Å². The predicted octanol–water partition coefficient (Wildman–Crippen LogP) is 2.92. The third-order valence-corrected chi connectivity index (χ3v) is 3.96. The molecule has 0 fully saturated rings. The van der Waals surface area contributed by atoms with Gasteiger partial charge in [-0.3, -0.25) is 4.72 Å². The lowest BCUT2D eigenvalue weighted by molar-refractivity contribution is 0.603. The average Bonchev–Trinajstić information content (AvgIpc) is 2.60. The highest BCUT2D eigenvalue weighted by Crippen LogP contribution is 2.40. The van der Waals surface area contributed by atoms with E-state index >= 15 is 0 Å². The Balaban J connectivity index is 0.00000120. The number of hydrogen-bond acceptors (Lipinski definition) is 2. The molecule has 1 N–H and O–H groups in total. The number of halogens is 1. The van der Waals surface area contributed by atoms with Crippen molar-refractivity contribution in [3.8, 4) is 0 Å². The summed E-state index contributed by atoms with van der Waals surface area (Å²) in [5.74, 6) is 0. The van der Waals surface area contributed by atoms with E-state index in [2.05, 4.69) is 4.72 Å². The molecule has 0 amide bonds. The van der Waals surface area contributed by atoms with E-state index in [4.69, 9.17) is 0 Å². The zero-order valence-electron chi connectivity index (χ0n) is 9.28. The van der Waals surface area contributed by atoms with Crippen LogP contribution in [0.4, 0.5) is 17.1 Å². The quantitative estimate of drug-likeness (QED) is 0.874. The van der Waals surface area contributed by atoms with Crippen LogP contribution in [0.2, 0.25) is 0 Å². The lowest BCUT2D eigenvalue weighted by Gasteiger charge is -2.16. The lowest BCUT2D eigenvalue weighted by Crippen LogP contribution is -2.25. The molecule has 0 atom stereocenters. The minimum absolute atomic E-state index is 0. The van der Waals surface area contributed by atoms with Crippen molar-refractivity contribution in [3.05, 3.63) is 54.6 Å². The fraction of sp³-hybridized carbons (Fsp3) is 0. The Bertz CT molecular complexity index is 659. The van der Waals surface area contributed by atoms with Gasteiger partial charge in [0.1, 0.15) is 0 Å². The van der Waals surface area contributed by atoms with E-state index in [0.29, 0.717) is 17.1 Å². The Hall–Kier alpha value is -1.72. The van der Waals surface area contributed by atoms with E-state index in [1.165, 1.54) is 4.31 Å². The van der Waals surface area contributed by atoms with Crippen LogP contribution in [-0.4, -0.2) is 8.42 Å². The second kappa shape index (κ2) is 4.51. The van der Waals surface area contributed by atoms with Gasteiger partial charge in [-0.05, 0) is 24.3 Å². The second-order valence-electron chi connectivity index (χ2n) is 3.72. The SMILES string of the molecule is Cl.O=S1(=O)Nc2ccccc2N1c1ccccc1. The Kier molecular flexibility index (Phi) is 3.19. The van der Waals surface area contributed by atoms with E-state index in [0.717, 1.165) is 0 Å². The summed E-state index contributed by atoms with van der Waals surface area (Å²) in [6.07, 6.45) is 0. The molecule has 1 aliphatic heterocycles. The molecule has 2 aromatic rings. The van der Waals surface area contributed by atoms with Gasteiger partial charge in [-0.15, -0.1) is 12.4 Å². The molecule has 6 heteroatoms. The smallest absolute Gasteiger partial charge is 0.264 e. The van der Waals surface area contributed by atoms with Gasteiger partial charge in [0.25, 0.3) is 0 Å². The molecule has 0 aromatic heterocycles. The van der Waals surface area contributed by atoms with Gasteiger partial charge in [0.15, 0.2) is 0 Å². The van der Waals surface area contributed by atoms with Gasteiger partial charge in [-0.25, -0.2) is 4.31 Å². The van der Waals surface area contributed by atoms with Crippen molar-refractivity contribution in [2.24, 2.45) is 0 Å². The Morgan fingerprint density at radius 1 is 0.889 bits per heavy atom. The van der Waals surface area contributed by atoms with Gasteiger partial charge in [-0.1, -0.05) is 30.3 Å². The molecule has 0 saturated heterocycles. The highest BCUT2D eigenvalue weighted by molar-refractivity contribution is 7.95. The zero-order chi connectivity index (χ0) is 11.9. The maximum atomic E-state index is 12.0. The molecule has 2 aromatic carbocycles. The lowest BCUT2D eigenvalue weighted by atomic mass is 10.2.